The standard InChI is InChI=1S/C11H13F2N5O/c1-6-3-14-4-8(6)9(19)15-5-11(12,13)10-16-7(2)17-18-10/h3-4,14H,5H2,1-2H3,(H,15,19)(H,16,17,18). The van der Waals surface area contributed by atoms with Gasteiger partial charge in [0.15, 0.2) is 0 Å². The number of nitrogens with one attached hydrogen (secondary N) is 3. The largest absolute Gasteiger partial charge is 0.367 e. The molecule has 8 heteroatoms. The number of alkyl halides is 2. The Balaban J connectivity index is 2.02. The van der Waals surface area contributed by atoms with Gasteiger partial charge in [-0.25, -0.2) is 4.98 Å². The summed E-state index contributed by atoms with van der Waals surface area (Å²) in [5.74, 6) is -4.21. The lowest BCUT2D eigenvalue weighted by Gasteiger charge is -2.13. The van der Waals surface area contributed by atoms with E-state index in [9.17, 15) is 13.6 Å². The van der Waals surface area contributed by atoms with Gasteiger partial charge in [0.05, 0.1) is 12.1 Å². The molecule has 19 heavy (non-hydrogen) atoms. The van der Waals surface area contributed by atoms with Crippen molar-refractivity contribution in [2.75, 3.05) is 6.54 Å². The van der Waals surface area contributed by atoms with Gasteiger partial charge in [-0.1, -0.05) is 0 Å². The third kappa shape index (κ3) is 2.78. The summed E-state index contributed by atoms with van der Waals surface area (Å²) in [6.07, 6.45) is 3.07. The SMILES string of the molecule is Cc1nc(C(F)(F)CNC(=O)c2c[nH]cc2C)n[nH]1. The van der Waals surface area contributed by atoms with Gasteiger partial charge in [0.25, 0.3) is 5.91 Å². The second-order valence-corrected chi connectivity index (χ2v) is 4.18. The van der Waals surface area contributed by atoms with Crippen LogP contribution in [-0.4, -0.2) is 32.6 Å². The second kappa shape index (κ2) is 4.79. The molecule has 2 aromatic rings. The molecule has 0 saturated carbocycles. The Morgan fingerprint density at radius 1 is 1.42 bits per heavy atom. The third-order valence-corrected chi connectivity index (χ3v) is 2.59. The van der Waals surface area contributed by atoms with Crippen LogP contribution in [0.2, 0.25) is 0 Å². The predicted octanol–water partition coefficient (Wildman–Crippen LogP) is 1.27. The van der Waals surface area contributed by atoms with Crippen LogP contribution in [0.25, 0.3) is 0 Å². The van der Waals surface area contributed by atoms with E-state index in [1.807, 2.05) is 0 Å². The molecule has 0 radical (unpaired) electrons. The number of carbonyl (C=O) groups is 1. The molecule has 6 nitrogen and oxygen atoms in total. The zero-order valence-corrected chi connectivity index (χ0v) is 10.4. The first-order valence-electron chi connectivity index (χ1n) is 5.59. The van der Waals surface area contributed by atoms with Crippen molar-refractivity contribution in [2.24, 2.45) is 0 Å². The number of aromatic nitrogens is 4. The molecule has 0 bridgehead atoms. The fourth-order valence-corrected chi connectivity index (χ4v) is 1.56. The Morgan fingerprint density at radius 2 is 2.16 bits per heavy atom. The lowest BCUT2D eigenvalue weighted by atomic mass is 10.2. The van der Waals surface area contributed by atoms with Crippen molar-refractivity contribution in [3.05, 3.63) is 35.2 Å². The molecule has 0 aliphatic heterocycles. The van der Waals surface area contributed by atoms with Gasteiger partial charge < -0.3 is 10.3 Å². The minimum Gasteiger partial charge on any atom is -0.367 e. The summed E-state index contributed by atoms with van der Waals surface area (Å²) in [4.78, 5) is 18.0. The van der Waals surface area contributed by atoms with Crippen LogP contribution in [-0.2, 0) is 5.92 Å². The van der Waals surface area contributed by atoms with E-state index in [0.29, 0.717) is 17.0 Å². The lowest BCUT2D eigenvalue weighted by Crippen LogP contribution is -2.35. The second-order valence-electron chi connectivity index (χ2n) is 4.18. The van der Waals surface area contributed by atoms with Gasteiger partial charge >= 0.3 is 5.92 Å². The van der Waals surface area contributed by atoms with E-state index in [1.54, 1.807) is 13.1 Å². The highest BCUT2D eigenvalue weighted by Gasteiger charge is 2.36. The van der Waals surface area contributed by atoms with Crippen molar-refractivity contribution in [3.63, 3.8) is 0 Å². The number of carbonyl (C=O) groups excluding carboxylic acids is 1. The number of aryl methyl sites for hydroxylation is 2. The van der Waals surface area contributed by atoms with Crippen molar-refractivity contribution in [1.29, 1.82) is 0 Å². The van der Waals surface area contributed by atoms with Gasteiger partial charge in [-0.2, -0.15) is 13.9 Å². The molecule has 0 aliphatic rings. The average Bonchev–Trinajstić information content (AvgIpc) is 2.95. The quantitative estimate of drug-likeness (QED) is 0.781. The molecule has 0 aromatic carbocycles. The van der Waals surface area contributed by atoms with Crippen LogP contribution in [0, 0.1) is 13.8 Å². The summed E-state index contributed by atoms with van der Waals surface area (Å²) in [5.41, 5.74) is 1.02. The molecule has 0 aliphatic carbocycles. The first-order chi connectivity index (χ1) is 8.90. The van der Waals surface area contributed by atoms with Crippen LogP contribution in [0.5, 0.6) is 0 Å². The smallest absolute Gasteiger partial charge is 0.325 e. The Morgan fingerprint density at radius 3 is 2.68 bits per heavy atom. The Hall–Kier alpha value is -2.25. The fourth-order valence-electron chi connectivity index (χ4n) is 1.56. The average molecular weight is 269 g/mol. The van der Waals surface area contributed by atoms with Gasteiger partial charge in [-0.05, 0) is 19.4 Å². The number of halogens is 2. The summed E-state index contributed by atoms with van der Waals surface area (Å²) >= 11 is 0. The third-order valence-electron chi connectivity index (χ3n) is 2.59. The molecular formula is C11H13F2N5O. The maximum absolute atomic E-state index is 13.7. The van der Waals surface area contributed by atoms with Crippen molar-refractivity contribution >= 4 is 5.91 Å². The van der Waals surface area contributed by atoms with Crippen LogP contribution < -0.4 is 5.32 Å². The van der Waals surface area contributed by atoms with Gasteiger partial charge in [0, 0.05) is 12.4 Å². The number of nitrogens with zero attached hydrogens (tertiary/aromatic N) is 2. The van der Waals surface area contributed by atoms with Crippen molar-refractivity contribution in [3.8, 4) is 0 Å². The van der Waals surface area contributed by atoms with Crippen molar-refractivity contribution in [1.82, 2.24) is 25.5 Å². The van der Waals surface area contributed by atoms with E-state index >= 15 is 0 Å². The highest BCUT2D eigenvalue weighted by molar-refractivity contribution is 5.95. The number of rotatable bonds is 4. The minimum absolute atomic E-state index is 0.294. The maximum Gasteiger partial charge on any atom is 0.325 e. The van der Waals surface area contributed by atoms with Crippen molar-refractivity contribution in [2.45, 2.75) is 19.8 Å². The van der Waals surface area contributed by atoms with Gasteiger partial charge in [-0.15, -0.1) is 0 Å². The van der Waals surface area contributed by atoms with E-state index in [-0.39, 0.29) is 0 Å². The first kappa shape index (κ1) is 13.2. The van der Waals surface area contributed by atoms with Crippen LogP contribution in [0.15, 0.2) is 12.4 Å². The summed E-state index contributed by atoms with van der Waals surface area (Å²) in [6.45, 7) is 2.38. The van der Waals surface area contributed by atoms with E-state index in [2.05, 4.69) is 25.5 Å². The summed E-state index contributed by atoms with van der Waals surface area (Å²) < 4.78 is 27.4. The Bertz CT molecular complexity index is 589. The molecule has 1 amide bonds. The molecule has 2 heterocycles. The maximum atomic E-state index is 13.7. The molecule has 0 fully saturated rings. The molecule has 0 spiro atoms. The predicted molar refractivity (Wildman–Crippen MR) is 62.9 cm³/mol. The van der Waals surface area contributed by atoms with E-state index in [4.69, 9.17) is 0 Å². The van der Waals surface area contributed by atoms with Crippen molar-refractivity contribution < 1.29 is 13.6 Å². The van der Waals surface area contributed by atoms with E-state index < -0.39 is 24.2 Å². The number of hydrogen-bond donors (Lipinski definition) is 3. The molecule has 0 atom stereocenters. The molecule has 0 unspecified atom stereocenters. The van der Waals surface area contributed by atoms with Crippen LogP contribution in [0.1, 0.15) is 27.6 Å². The normalized spacial score (nSPS) is 11.6. The summed E-state index contributed by atoms with van der Waals surface area (Å²) in [5, 5.41) is 7.91. The van der Waals surface area contributed by atoms with Gasteiger partial charge in [0.2, 0.25) is 5.82 Å². The van der Waals surface area contributed by atoms with Gasteiger partial charge in [0.1, 0.15) is 5.82 Å². The van der Waals surface area contributed by atoms with Crippen LogP contribution >= 0.6 is 0 Å². The minimum atomic E-state index is -3.31. The van der Waals surface area contributed by atoms with E-state index in [0.717, 1.165) is 0 Å². The Labute approximate surface area is 107 Å². The fraction of sp³-hybridized carbons (Fsp3) is 0.364. The number of hydrogen-bond acceptors (Lipinski definition) is 3. The highest BCUT2D eigenvalue weighted by atomic mass is 19.3. The molecule has 2 aromatic heterocycles. The molecule has 2 rings (SSSR count). The van der Waals surface area contributed by atoms with Crippen LogP contribution in [0.3, 0.4) is 0 Å². The monoisotopic (exact) mass is 269 g/mol. The summed E-state index contributed by atoms with van der Waals surface area (Å²) in [7, 11) is 0. The molecule has 0 saturated heterocycles. The topological polar surface area (TPSA) is 86.5 Å². The Kier molecular flexibility index (Phi) is 3.32. The highest BCUT2D eigenvalue weighted by Crippen LogP contribution is 2.23. The zero-order valence-electron chi connectivity index (χ0n) is 10.4. The molecular weight excluding hydrogens is 256 g/mol. The number of H-pyrrole nitrogens is 2. The number of amides is 1. The van der Waals surface area contributed by atoms with Gasteiger partial charge in [-0.3, -0.25) is 9.89 Å². The van der Waals surface area contributed by atoms with Crippen LogP contribution in [0.4, 0.5) is 8.78 Å². The lowest BCUT2D eigenvalue weighted by molar-refractivity contribution is -0.0111. The van der Waals surface area contributed by atoms with E-state index in [1.165, 1.54) is 13.1 Å². The number of aromatic amines is 2. The zero-order chi connectivity index (χ0) is 14.0. The first-order valence-corrected chi connectivity index (χ1v) is 5.59. The molecule has 3 N–H and O–H groups in total. The molecule has 102 valence electrons. The summed E-state index contributed by atoms with van der Waals surface area (Å²) in [6, 6.07) is 0.